The summed E-state index contributed by atoms with van der Waals surface area (Å²) >= 11 is 5.88. The van der Waals surface area contributed by atoms with Gasteiger partial charge in [0.05, 0.1) is 23.9 Å². The summed E-state index contributed by atoms with van der Waals surface area (Å²) in [4.78, 5) is 19.4. The van der Waals surface area contributed by atoms with E-state index in [-0.39, 0.29) is 12.5 Å². The first kappa shape index (κ1) is 15.4. The van der Waals surface area contributed by atoms with Crippen molar-refractivity contribution in [1.82, 2.24) is 20.4 Å². The molecule has 0 radical (unpaired) electrons. The Morgan fingerprint density at radius 1 is 1.16 bits per heavy atom. The van der Waals surface area contributed by atoms with E-state index in [0.29, 0.717) is 22.0 Å². The number of fused-ring (bicyclic) bond motifs is 1. The number of imidazole rings is 1. The first-order valence-corrected chi connectivity index (χ1v) is 8.00. The number of hydrogen-bond acceptors (Lipinski definition) is 4. The summed E-state index contributed by atoms with van der Waals surface area (Å²) in [6.45, 7) is 0.275. The van der Waals surface area contributed by atoms with Crippen molar-refractivity contribution in [3.05, 3.63) is 71.1 Å². The molecule has 25 heavy (non-hydrogen) atoms. The van der Waals surface area contributed by atoms with Gasteiger partial charge in [-0.1, -0.05) is 16.8 Å². The summed E-state index contributed by atoms with van der Waals surface area (Å²) < 4.78 is 5.32. The number of aromatic nitrogens is 3. The minimum atomic E-state index is -0.187. The number of rotatable bonds is 4. The third-order valence-electron chi connectivity index (χ3n) is 3.80. The number of carbonyl (C=O) groups is 1. The van der Waals surface area contributed by atoms with Gasteiger partial charge in [-0.3, -0.25) is 4.79 Å². The van der Waals surface area contributed by atoms with Gasteiger partial charge in [0.25, 0.3) is 5.91 Å². The van der Waals surface area contributed by atoms with Gasteiger partial charge < -0.3 is 14.8 Å². The second kappa shape index (κ2) is 6.41. The molecule has 2 aromatic carbocycles. The van der Waals surface area contributed by atoms with Crippen LogP contribution in [-0.2, 0) is 6.54 Å². The third kappa shape index (κ3) is 3.25. The zero-order valence-corrected chi connectivity index (χ0v) is 13.7. The summed E-state index contributed by atoms with van der Waals surface area (Å²) in [6.07, 6.45) is 1.60. The Morgan fingerprint density at radius 3 is 2.84 bits per heavy atom. The van der Waals surface area contributed by atoms with Gasteiger partial charge in [0, 0.05) is 22.2 Å². The van der Waals surface area contributed by atoms with Crippen molar-refractivity contribution in [1.29, 1.82) is 0 Å². The fraction of sp³-hybridized carbons (Fsp3) is 0.0556. The van der Waals surface area contributed by atoms with Gasteiger partial charge in [-0.05, 0) is 42.5 Å². The number of carbonyl (C=O) groups excluding carboxylic acids is 1. The Hall–Kier alpha value is -3.12. The van der Waals surface area contributed by atoms with Crippen LogP contribution in [0.1, 0.15) is 16.1 Å². The maximum Gasteiger partial charge on any atom is 0.251 e. The van der Waals surface area contributed by atoms with Crippen molar-refractivity contribution < 1.29 is 9.32 Å². The van der Waals surface area contributed by atoms with Crippen LogP contribution in [0.2, 0.25) is 5.02 Å². The maximum absolute atomic E-state index is 12.3. The van der Waals surface area contributed by atoms with Crippen molar-refractivity contribution >= 4 is 28.5 Å². The summed E-state index contributed by atoms with van der Waals surface area (Å²) in [5, 5.41) is 7.47. The molecule has 0 bridgehead atoms. The van der Waals surface area contributed by atoms with E-state index in [1.54, 1.807) is 42.7 Å². The average molecular weight is 353 g/mol. The Kier molecular flexibility index (Phi) is 3.95. The van der Waals surface area contributed by atoms with Gasteiger partial charge >= 0.3 is 0 Å². The highest BCUT2D eigenvalue weighted by Gasteiger charge is 2.10. The molecule has 2 aromatic heterocycles. The molecule has 0 atom stereocenters. The SMILES string of the molecule is O=C(NCc1cc(-c2ccc(Cl)cc2)on1)c1ccc2nc[nH]c2c1. The van der Waals surface area contributed by atoms with E-state index in [0.717, 1.165) is 16.6 Å². The van der Waals surface area contributed by atoms with Crippen molar-refractivity contribution in [3.63, 3.8) is 0 Å². The highest BCUT2D eigenvalue weighted by atomic mass is 35.5. The fourth-order valence-corrected chi connectivity index (χ4v) is 2.62. The number of amides is 1. The van der Waals surface area contributed by atoms with Crippen LogP contribution in [0.5, 0.6) is 0 Å². The zero-order valence-electron chi connectivity index (χ0n) is 13.0. The fourth-order valence-electron chi connectivity index (χ4n) is 2.50. The molecule has 0 aliphatic carbocycles. The smallest absolute Gasteiger partial charge is 0.251 e. The van der Waals surface area contributed by atoms with Crippen molar-refractivity contribution in [3.8, 4) is 11.3 Å². The number of hydrogen-bond donors (Lipinski definition) is 2. The number of halogens is 1. The Balaban J connectivity index is 1.44. The van der Waals surface area contributed by atoms with Crippen molar-refractivity contribution in [2.75, 3.05) is 0 Å². The van der Waals surface area contributed by atoms with Crippen LogP contribution in [0.3, 0.4) is 0 Å². The molecule has 0 saturated heterocycles. The molecular formula is C18H13ClN4O2. The van der Waals surface area contributed by atoms with Crippen LogP contribution in [0.4, 0.5) is 0 Å². The molecule has 0 aliphatic rings. The lowest BCUT2D eigenvalue weighted by atomic mass is 10.1. The minimum Gasteiger partial charge on any atom is -0.356 e. The van der Waals surface area contributed by atoms with E-state index in [9.17, 15) is 4.79 Å². The van der Waals surface area contributed by atoms with Crippen LogP contribution in [0.15, 0.2) is 59.4 Å². The first-order chi connectivity index (χ1) is 12.2. The molecule has 4 aromatic rings. The van der Waals surface area contributed by atoms with E-state index in [4.69, 9.17) is 16.1 Å². The summed E-state index contributed by atoms with van der Waals surface area (Å²) in [5.41, 5.74) is 3.71. The largest absolute Gasteiger partial charge is 0.356 e. The highest BCUT2D eigenvalue weighted by Crippen LogP contribution is 2.22. The average Bonchev–Trinajstić information content (AvgIpc) is 3.29. The maximum atomic E-state index is 12.3. The predicted molar refractivity (Wildman–Crippen MR) is 94.2 cm³/mol. The van der Waals surface area contributed by atoms with Gasteiger partial charge in [-0.15, -0.1) is 0 Å². The molecular weight excluding hydrogens is 340 g/mol. The minimum absolute atomic E-state index is 0.187. The van der Waals surface area contributed by atoms with E-state index in [1.807, 2.05) is 12.1 Å². The van der Waals surface area contributed by atoms with Gasteiger partial charge in [0.15, 0.2) is 5.76 Å². The second-order valence-corrected chi connectivity index (χ2v) is 5.94. The second-order valence-electron chi connectivity index (χ2n) is 5.51. The van der Waals surface area contributed by atoms with E-state index in [2.05, 4.69) is 20.4 Å². The normalized spacial score (nSPS) is 10.9. The number of benzene rings is 2. The molecule has 0 aliphatic heterocycles. The molecule has 7 heteroatoms. The third-order valence-corrected chi connectivity index (χ3v) is 4.05. The van der Waals surface area contributed by atoms with Crippen LogP contribution in [0.25, 0.3) is 22.4 Å². The summed E-state index contributed by atoms with van der Waals surface area (Å²) in [6, 6.07) is 14.4. The molecule has 0 spiro atoms. The molecule has 6 nitrogen and oxygen atoms in total. The van der Waals surface area contributed by atoms with Crippen LogP contribution < -0.4 is 5.32 Å². The quantitative estimate of drug-likeness (QED) is 0.585. The predicted octanol–water partition coefficient (Wildman–Crippen LogP) is 3.80. The van der Waals surface area contributed by atoms with Gasteiger partial charge in [0.2, 0.25) is 0 Å². The van der Waals surface area contributed by atoms with Crippen LogP contribution in [0, 0.1) is 0 Å². The molecule has 124 valence electrons. The van der Waals surface area contributed by atoms with E-state index >= 15 is 0 Å². The lowest BCUT2D eigenvalue weighted by Gasteiger charge is -2.02. The molecule has 2 heterocycles. The lowest BCUT2D eigenvalue weighted by molar-refractivity contribution is 0.0950. The topological polar surface area (TPSA) is 83.8 Å². The summed E-state index contributed by atoms with van der Waals surface area (Å²) in [5.74, 6) is 0.437. The Morgan fingerprint density at radius 2 is 2.00 bits per heavy atom. The monoisotopic (exact) mass is 352 g/mol. The lowest BCUT2D eigenvalue weighted by Crippen LogP contribution is -2.22. The zero-order chi connectivity index (χ0) is 17.2. The number of nitrogens with one attached hydrogen (secondary N) is 2. The van der Waals surface area contributed by atoms with Crippen LogP contribution >= 0.6 is 11.6 Å². The van der Waals surface area contributed by atoms with E-state index < -0.39 is 0 Å². The van der Waals surface area contributed by atoms with Crippen molar-refractivity contribution in [2.45, 2.75) is 6.54 Å². The molecule has 0 unspecified atom stereocenters. The Bertz CT molecular complexity index is 1040. The molecule has 2 N–H and O–H groups in total. The van der Waals surface area contributed by atoms with Gasteiger partial charge in [-0.25, -0.2) is 4.98 Å². The first-order valence-electron chi connectivity index (χ1n) is 7.62. The standard InChI is InChI=1S/C18H13ClN4O2/c19-13-4-1-11(2-5-13)17-8-14(23-25-17)9-20-18(24)12-3-6-15-16(7-12)22-10-21-15/h1-8,10H,9H2,(H,20,24)(H,21,22). The molecule has 0 saturated carbocycles. The Labute approximate surface area is 147 Å². The summed E-state index contributed by atoms with van der Waals surface area (Å²) in [7, 11) is 0. The molecule has 1 amide bonds. The number of aromatic amines is 1. The number of nitrogens with zero attached hydrogens (tertiary/aromatic N) is 2. The number of H-pyrrole nitrogens is 1. The van der Waals surface area contributed by atoms with Crippen molar-refractivity contribution in [2.24, 2.45) is 0 Å². The van der Waals surface area contributed by atoms with Gasteiger partial charge in [-0.2, -0.15) is 0 Å². The molecule has 4 rings (SSSR count). The van der Waals surface area contributed by atoms with Gasteiger partial charge in [0.1, 0.15) is 5.69 Å². The highest BCUT2D eigenvalue weighted by molar-refractivity contribution is 6.30. The van der Waals surface area contributed by atoms with E-state index in [1.165, 1.54) is 0 Å². The van der Waals surface area contributed by atoms with Crippen LogP contribution in [-0.4, -0.2) is 21.0 Å². The molecule has 0 fully saturated rings.